The maximum absolute atomic E-state index is 11.6. The number of amides is 1. The van der Waals surface area contributed by atoms with Crippen LogP contribution < -0.4 is 15.4 Å². The molecule has 0 aliphatic carbocycles. The molecule has 0 saturated heterocycles. The van der Waals surface area contributed by atoms with Gasteiger partial charge in [0.1, 0.15) is 0 Å². The van der Waals surface area contributed by atoms with Crippen LogP contribution in [0.1, 0.15) is 19.4 Å². The Morgan fingerprint density at radius 1 is 1.43 bits per heavy atom. The van der Waals surface area contributed by atoms with Crippen molar-refractivity contribution in [3.05, 3.63) is 33.9 Å². The zero-order valence-electron chi connectivity index (χ0n) is 12.5. The van der Waals surface area contributed by atoms with Crippen molar-refractivity contribution in [2.75, 3.05) is 20.2 Å². The molecule has 0 aromatic heterocycles. The molecular formula is C14H21N3O4. The van der Waals surface area contributed by atoms with Crippen molar-refractivity contribution in [2.24, 2.45) is 5.92 Å². The molecule has 1 amide bonds. The summed E-state index contributed by atoms with van der Waals surface area (Å²) in [6.45, 7) is 4.79. The molecular weight excluding hydrogens is 274 g/mol. The van der Waals surface area contributed by atoms with Gasteiger partial charge >= 0.3 is 5.69 Å². The number of nitrogens with zero attached hydrogens (tertiary/aromatic N) is 1. The Kier molecular flexibility index (Phi) is 6.61. The van der Waals surface area contributed by atoms with Gasteiger partial charge in [-0.15, -0.1) is 0 Å². The number of hydrogen-bond acceptors (Lipinski definition) is 5. The van der Waals surface area contributed by atoms with E-state index >= 15 is 0 Å². The summed E-state index contributed by atoms with van der Waals surface area (Å²) in [6, 6.07) is 4.68. The number of nitrogens with one attached hydrogen (secondary N) is 2. The molecule has 1 rings (SSSR count). The van der Waals surface area contributed by atoms with Crippen molar-refractivity contribution in [3.63, 3.8) is 0 Å². The van der Waals surface area contributed by atoms with Gasteiger partial charge in [-0.05, 0) is 24.6 Å². The van der Waals surface area contributed by atoms with Crippen LogP contribution in [-0.2, 0) is 11.3 Å². The molecule has 0 atom stereocenters. The highest BCUT2D eigenvalue weighted by atomic mass is 16.6. The third kappa shape index (κ3) is 5.78. The zero-order valence-corrected chi connectivity index (χ0v) is 12.5. The minimum atomic E-state index is -0.513. The van der Waals surface area contributed by atoms with Gasteiger partial charge in [0.25, 0.3) is 5.91 Å². The third-order valence-corrected chi connectivity index (χ3v) is 2.67. The van der Waals surface area contributed by atoms with Crippen LogP contribution in [0.5, 0.6) is 5.75 Å². The molecule has 21 heavy (non-hydrogen) atoms. The van der Waals surface area contributed by atoms with E-state index in [-0.39, 0.29) is 24.0 Å². The molecule has 7 heteroatoms. The van der Waals surface area contributed by atoms with E-state index in [1.54, 1.807) is 13.1 Å². The van der Waals surface area contributed by atoms with Gasteiger partial charge in [-0.1, -0.05) is 19.9 Å². The summed E-state index contributed by atoms with van der Waals surface area (Å²) in [6.07, 6.45) is 0. The van der Waals surface area contributed by atoms with Crippen LogP contribution in [0, 0.1) is 16.0 Å². The highest BCUT2D eigenvalue weighted by Crippen LogP contribution is 2.27. The first kappa shape index (κ1) is 16.9. The van der Waals surface area contributed by atoms with E-state index in [2.05, 4.69) is 10.6 Å². The van der Waals surface area contributed by atoms with Crippen molar-refractivity contribution in [3.8, 4) is 5.75 Å². The predicted molar refractivity (Wildman–Crippen MR) is 79.2 cm³/mol. The van der Waals surface area contributed by atoms with Crippen molar-refractivity contribution >= 4 is 11.6 Å². The molecule has 0 heterocycles. The molecule has 0 radical (unpaired) electrons. The second-order valence-corrected chi connectivity index (χ2v) is 5.08. The number of rotatable bonds is 8. The number of nitro benzene ring substituents is 1. The molecule has 2 N–H and O–H groups in total. The van der Waals surface area contributed by atoms with Crippen LogP contribution in [0.25, 0.3) is 0 Å². The Labute approximate surface area is 123 Å². The number of carbonyl (C=O) groups excluding carboxylic acids is 1. The minimum absolute atomic E-state index is 0.0968. The van der Waals surface area contributed by atoms with Gasteiger partial charge < -0.3 is 15.4 Å². The summed E-state index contributed by atoms with van der Waals surface area (Å²) in [5.74, 6) is 0.140. The van der Waals surface area contributed by atoms with Crippen molar-refractivity contribution in [2.45, 2.75) is 20.4 Å². The Hall–Kier alpha value is -2.15. The van der Waals surface area contributed by atoms with Crippen LogP contribution >= 0.6 is 0 Å². The largest absolute Gasteiger partial charge is 0.477 e. The minimum Gasteiger partial charge on any atom is -0.477 e. The van der Waals surface area contributed by atoms with E-state index < -0.39 is 4.92 Å². The summed E-state index contributed by atoms with van der Waals surface area (Å²) >= 11 is 0. The number of ether oxygens (including phenoxy) is 1. The van der Waals surface area contributed by atoms with Gasteiger partial charge in [-0.3, -0.25) is 14.9 Å². The molecule has 116 valence electrons. The molecule has 0 fully saturated rings. The van der Waals surface area contributed by atoms with Gasteiger partial charge in [-0.2, -0.15) is 0 Å². The summed E-state index contributed by atoms with van der Waals surface area (Å²) in [5.41, 5.74) is 0.639. The lowest BCUT2D eigenvalue weighted by molar-refractivity contribution is -0.385. The summed E-state index contributed by atoms with van der Waals surface area (Å²) < 4.78 is 5.25. The fraction of sp³-hybridized carbons (Fsp3) is 0.500. The molecule has 1 aromatic rings. The molecule has 0 spiro atoms. The van der Waals surface area contributed by atoms with Crippen molar-refractivity contribution in [1.82, 2.24) is 10.6 Å². The van der Waals surface area contributed by atoms with Crippen LogP contribution in [0.2, 0.25) is 0 Å². The van der Waals surface area contributed by atoms with Crippen LogP contribution in [-0.4, -0.2) is 31.0 Å². The van der Waals surface area contributed by atoms with Gasteiger partial charge in [0.15, 0.2) is 12.4 Å². The Balaban J connectivity index is 2.69. The smallest absolute Gasteiger partial charge is 0.311 e. The predicted octanol–water partition coefficient (Wildman–Crippen LogP) is 1.47. The fourth-order valence-electron chi connectivity index (χ4n) is 1.65. The number of nitro groups is 1. The van der Waals surface area contributed by atoms with Gasteiger partial charge in [0.05, 0.1) is 4.92 Å². The number of hydrogen-bond donors (Lipinski definition) is 2. The molecule has 0 saturated carbocycles. The lowest BCUT2D eigenvalue weighted by Crippen LogP contribution is -2.31. The van der Waals surface area contributed by atoms with Crippen LogP contribution in [0.15, 0.2) is 18.2 Å². The van der Waals surface area contributed by atoms with E-state index in [0.717, 1.165) is 5.56 Å². The lowest BCUT2D eigenvalue weighted by Gasteiger charge is -2.10. The first-order valence-electron chi connectivity index (χ1n) is 6.75. The lowest BCUT2D eigenvalue weighted by atomic mass is 10.2. The SMILES string of the molecule is CNCc1ccc(OCC(=O)NCC(C)C)c([N+](=O)[O-])c1. The molecule has 0 aliphatic heterocycles. The van der Waals surface area contributed by atoms with Gasteiger partial charge in [-0.25, -0.2) is 0 Å². The van der Waals surface area contributed by atoms with Crippen molar-refractivity contribution in [1.29, 1.82) is 0 Å². The first-order chi connectivity index (χ1) is 9.93. The van der Waals surface area contributed by atoms with E-state index in [1.165, 1.54) is 12.1 Å². The molecule has 1 aromatic carbocycles. The Morgan fingerprint density at radius 2 is 2.14 bits per heavy atom. The maximum atomic E-state index is 11.6. The maximum Gasteiger partial charge on any atom is 0.311 e. The highest BCUT2D eigenvalue weighted by Gasteiger charge is 2.17. The van der Waals surface area contributed by atoms with Gasteiger partial charge in [0.2, 0.25) is 0 Å². The zero-order chi connectivity index (χ0) is 15.8. The second-order valence-electron chi connectivity index (χ2n) is 5.08. The average Bonchev–Trinajstić information content (AvgIpc) is 2.43. The number of benzene rings is 1. The molecule has 0 bridgehead atoms. The van der Waals surface area contributed by atoms with Crippen molar-refractivity contribution < 1.29 is 14.5 Å². The van der Waals surface area contributed by atoms with E-state index in [0.29, 0.717) is 19.0 Å². The summed E-state index contributed by atoms with van der Waals surface area (Å²) in [7, 11) is 1.76. The average molecular weight is 295 g/mol. The molecule has 0 unspecified atom stereocenters. The standard InChI is InChI=1S/C14H21N3O4/c1-10(2)7-16-14(18)9-21-13-5-4-11(8-15-3)6-12(13)17(19)20/h4-6,10,15H,7-9H2,1-3H3,(H,16,18). The van der Waals surface area contributed by atoms with Crippen LogP contribution in [0.4, 0.5) is 5.69 Å². The Morgan fingerprint density at radius 3 is 2.71 bits per heavy atom. The van der Waals surface area contributed by atoms with E-state index in [4.69, 9.17) is 4.74 Å². The van der Waals surface area contributed by atoms with E-state index in [1.807, 2.05) is 13.8 Å². The van der Waals surface area contributed by atoms with Gasteiger partial charge in [0, 0.05) is 19.2 Å². The fourth-order valence-corrected chi connectivity index (χ4v) is 1.65. The Bertz CT molecular complexity index is 503. The van der Waals surface area contributed by atoms with Crippen LogP contribution in [0.3, 0.4) is 0 Å². The topological polar surface area (TPSA) is 93.5 Å². The number of carbonyl (C=O) groups is 1. The quantitative estimate of drug-likeness (QED) is 0.559. The first-order valence-corrected chi connectivity index (χ1v) is 6.75. The highest BCUT2D eigenvalue weighted by molar-refractivity contribution is 5.77. The monoisotopic (exact) mass is 295 g/mol. The summed E-state index contributed by atoms with van der Waals surface area (Å²) in [5, 5.41) is 16.7. The molecule has 0 aliphatic rings. The third-order valence-electron chi connectivity index (χ3n) is 2.67. The summed E-state index contributed by atoms with van der Waals surface area (Å²) in [4.78, 5) is 22.1. The van der Waals surface area contributed by atoms with E-state index in [9.17, 15) is 14.9 Å². The second kappa shape index (κ2) is 8.21. The normalized spacial score (nSPS) is 10.5. The molecule has 7 nitrogen and oxygen atoms in total.